The van der Waals surface area contributed by atoms with Crippen molar-refractivity contribution < 1.29 is 8.42 Å². The fraction of sp³-hybridized carbons (Fsp3) is 1.00. The van der Waals surface area contributed by atoms with Gasteiger partial charge in [0.15, 0.2) is 9.84 Å². The molecule has 1 atom stereocenters. The Morgan fingerprint density at radius 2 is 2.09 bits per heavy atom. The van der Waals surface area contributed by atoms with Gasteiger partial charge in [0.05, 0.1) is 5.25 Å². The van der Waals surface area contributed by atoms with E-state index >= 15 is 0 Å². The molecular weight excluding hydrogens is 162 g/mol. The Morgan fingerprint density at radius 1 is 1.45 bits per heavy atom. The lowest BCUT2D eigenvalue weighted by molar-refractivity contribution is 0.562. The summed E-state index contributed by atoms with van der Waals surface area (Å²) < 4.78 is 22.9. The lowest BCUT2D eigenvalue weighted by atomic mass is 10.4. The van der Waals surface area contributed by atoms with Crippen LogP contribution in [0.1, 0.15) is 26.7 Å². The molecule has 0 aliphatic carbocycles. The number of hydrogen-bond acceptors (Lipinski definition) is 3. The molecule has 1 saturated heterocycles. The molecule has 0 radical (unpaired) electrons. The van der Waals surface area contributed by atoms with Gasteiger partial charge >= 0.3 is 0 Å². The third-order valence-electron chi connectivity index (χ3n) is 2.07. The molecule has 0 saturated carbocycles. The molecule has 0 aromatic rings. The zero-order valence-electron chi connectivity index (χ0n) is 7.00. The molecule has 0 amide bonds. The van der Waals surface area contributed by atoms with Crippen molar-refractivity contribution in [3.8, 4) is 0 Å². The normalized spacial score (nSPS) is 26.3. The van der Waals surface area contributed by atoms with Crippen LogP contribution in [0.15, 0.2) is 0 Å². The second-order valence-corrected chi connectivity index (χ2v) is 5.91. The zero-order chi connectivity index (χ0) is 8.48. The van der Waals surface area contributed by atoms with Crippen LogP contribution in [0.25, 0.3) is 0 Å². The van der Waals surface area contributed by atoms with Gasteiger partial charge < -0.3 is 5.32 Å². The van der Waals surface area contributed by atoms with Crippen LogP contribution in [0.5, 0.6) is 0 Å². The molecule has 3 nitrogen and oxygen atoms in total. The summed E-state index contributed by atoms with van der Waals surface area (Å²) in [6.07, 6.45) is 1.76. The van der Waals surface area contributed by atoms with Crippen LogP contribution < -0.4 is 5.32 Å². The van der Waals surface area contributed by atoms with E-state index in [1.165, 1.54) is 0 Å². The molecule has 1 unspecified atom stereocenters. The summed E-state index contributed by atoms with van der Waals surface area (Å²) in [7, 11) is -2.89. The van der Waals surface area contributed by atoms with Crippen molar-refractivity contribution in [1.82, 2.24) is 5.32 Å². The highest BCUT2D eigenvalue weighted by molar-refractivity contribution is 7.92. The van der Waals surface area contributed by atoms with Gasteiger partial charge in [0.2, 0.25) is 0 Å². The molecule has 1 N–H and O–H groups in total. The predicted molar refractivity (Wildman–Crippen MR) is 45.1 cm³/mol. The molecule has 0 spiro atoms. The summed E-state index contributed by atoms with van der Waals surface area (Å²) in [4.78, 5) is 0. The largest absolute Gasteiger partial charge is 0.301 e. The summed E-state index contributed by atoms with van der Waals surface area (Å²) in [6.45, 7) is 4.31. The van der Waals surface area contributed by atoms with Gasteiger partial charge in [-0.15, -0.1) is 0 Å². The van der Waals surface area contributed by atoms with Crippen molar-refractivity contribution in [3.63, 3.8) is 0 Å². The van der Waals surface area contributed by atoms with Gasteiger partial charge in [0, 0.05) is 0 Å². The monoisotopic (exact) mass is 177 g/mol. The van der Waals surface area contributed by atoms with Crippen LogP contribution in [0, 0.1) is 0 Å². The highest BCUT2D eigenvalue weighted by atomic mass is 32.2. The Labute approximate surface area is 68.1 Å². The summed E-state index contributed by atoms with van der Waals surface area (Å²) in [5.41, 5.74) is 0. The average molecular weight is 177 g/mol. The summed E-state index contributed by atoms with van der Waals surface area (Å²) >= 11 is 0. The second-order valence-electron chi connectivity index (χ2n) is 3.22. The fourth-order valence-corrected chi connectivity index (χ4v) is 2.76. The lowest BCUT2D eigenvalue weighted by Crippen LogP contribution is -2.35. The van der Waals surface area contributed by atoms with Crippen LogP contribution in [0.4, 0.5) is 0 Å². The SMILES string of the molecule is CC(C)S(=O)(=O)C1CCCN1. The number of hydrogen-bond donors (Lipinski definition) is 1. The van der Waals surface area contributed by atoms with Crippen molar-refractivity contribution in [2.24, 2.45) is 0 Å². The van der Waals surface area contributed by atoms with Crippen molar-refractivity contribution in [3.05, 3.63) is 0 Å². The van der Waals surface area contributed by atoms with Gasteiger partial charge in [-0.3, -0.25) is 0 Å². The van der Waals surface area contributed by atoms with E-state index in [1.54, 1.807) is 13.8 Å². The molecule has 1 fully saturated rings. The minimum absolute atomic E-state index is 0.252. The third-order valence-corrected chi connectivity index (χ3v) is 4.58. The fourth-order valence-electron chi connectivity index (χ4n) is 1.26. The van der Waals surface area contributed by atoms with Gasteiger partial charge in [-0.05, 0) is 33.2 Å². The Hall–Kier alpha value is -0.0900. The van der Waals surface area contributed by atoms with E-state index in [0.29, 0.717) is 0 Å². The molecule has 4 heteroatoms. The van der Waals surface area contributed by atoms with Gasteiger partial charge in [0.25, 0.3) is 0 Å². The Bertz CT molecular complexity index is 215. The van der Waals surface area contributed by atoms with Gasteiger partial charge in [-0.1, -0.05) is 0 Å². The summed E-state index contributed by atoms with van der Waals surface area (Å²) in [5, 5.41) is 2.46. The van der Waals surface area contributed by atoms with Gasteiger partial charge in [0.1, 0.15) is 5.37 Å². The molecule has 1 aliphatic rings. The first kappa shape index (κ1) is 9.00. The molecule has 66 valence electrons. The first-order valence-corrected chi connectivity index (χ1v) is 5.62. The average Bonchev–Trinajstić information content (AvgIpc) is 2.37. The van der Waals surface area contributed by atoms with Gasteiger partial charge in [-0.2, -0.15) is 0 Å². The van der Waals surface area contributed by atoms with E-state index in [0.717, 1.165) is 19.4 Å². The van der Waals surface area contributed by atoms with Gasteiger partial charge in [-0.25, -0.2) is 8.42 Å². The van der Waals surface area contributed by atoms with Crippen LogP contribution in [0.3, 0.4) is 0 Å². The lowest BCUT2D eigenvalue weighted by Gasteiger charge is -2.14. The molecule has 0 aromatic carbocycles. The van der Waals surface area contributed by atoms with E-state index in [2.05, 4.69) is 5.32 Å². The first-order valence-electron chi connectivity index (χ1n) is 4.01. The van der Waals surface area contributed by atoms with Crippen molar-refractivity contribution >= 4 is 9.84 Å². The highest BCUT2D eigenvalue weighted by Crippen LogP contribution is 2.15. The topological polar surface area (TPSA) is 46.2 Å². The second kappa shape index (κ2) is 3.11. The maximum Gasteiger partial charge on any atom is 0.168 e. The first-order chi connectivity index (χ1) is 5.05. The van der Waals surface area contributed by atoms with E-state index < -0.39 is 9.84 Å². The highest BCUT2D eigenvalue weighted by Gasteiger charge is 2.30. The van der Waals surface area contributed by atoms with Crippen molar-refractivity contribution in [2.45, 2.75) is 37.3 Å². The zero-order valence-corrected chi connectivity index (χ0v) is 7.82. The molecular formula is C7H15NO2S. The number of nitrogens with one attached hydrogen (secondary N) is 1. The van der Waals surface area contributed by atoms with E-state index in [4.69, 9.17) is 0 Å². The standard InChI is InChI=1S/C7H15NO2S/c1-6(2)11(9,10)7-4-3-5-8-7/h6-8H,3-5H2,1-2H3. The molecule has 0 aromatic heterocycles. The quantitative estimate of drug-likeness (QED) is 0.669. The summed E-state index contributed by atoms with van der Waals surface area (Å²) in [6, 6.07) is 0. The molecule has 11 heavy (non-hydrogen) atoms. The Morgan fingerprint density at radius 3 is 2.45 bits per heavy atom. The van der Waals surface area contributed by atoms with E-state index in [-0.39, 0.29) is 10.6 Å². The molecule has 0 bridgehead atoms. The number of sulfone groups is 1. The van der Waals surface area contributed by atoms with Crippen molar-refractivity contribution in [1.29, 1.82) is 0 Å². The van der Waals surface area contributed by atoms with Crippen LogP contribution >= 0.6 is 0 Å². The van der Waals surface area contributed by atoms with Crippen LogP contribution in [0.2, 0.25) is 0 Å². The minimum atomic E-state index is -2.89. The van der Waals surface area contributed by atoms with E-state index in [1.807, 2.05) is 0 Å². The van der Waals surface area contributed by atoms with E-state index in [9.17, 15) is 8.42 Å². The summed E-state index contributed by atoms with van der Waals surface area (Å²) in [5.74, 6) is 0. The number of rotatable bonds is 2. The Kier molecular flexibility index (Phi) is 2.54. The molecule has 1 aliphatic heterocycles. The minimum Gasteiger partial charge on any atom is -0.301 e. The predicted octanol–water partition coefficient (Wildman–Crippen LogP) is 0.519. The van der Waals surface area contributed by atoms with Crippen LogP contribution in [-0.4, -0.2) is 25.6 Å². The third kappa shape index (κ3) is 1.73. The maximum absolute atomic E-state index is 11.5. The van der Waals surface area contributed by atoms with Crippen molar-refractivity contribution in [2.75, 3.05) is 6.54 Å². The Balaban J connectivity index is 2.72. The molecule has 1 heterocycles. The molecule has 1 rings (SSSR count). The maximum atomic E-state index is 11.5. The smallest absolute Gasteiger partial charge is 0.168 e. The van der Waals surface area contributed by atoms with Crippen LogP contribution in [-0.2, 0) is 9.84 Å².